The number of unbranched alkanes of at least 4 members (excludes halogenated alkanes) is 3. The van der Waals surface area contributed by atoms with Crippen LogP contribution < -0.4 is 4.74 Å². The van der Waals surface area contributed by atoms with E-state index in [9.17, 15) is 4.39 Å². The average Bonchev–Trinajstić information content (AvgIpc) is 2.85. The summed E-state index contributed by atoms with van der Waals surface area (Å²) in [6.45, 7) is 6.39. The topological polar surface area (TPSA) is 9.23 Å². The van der Waals surface area contributed by atoms with E-state index in [2.05, 4.69) is 13.5 Å². The highest BCUT2D eigenvalue weighted by molar-refractivity contribution is 5.31. The minimum atomic E-state index is -0.0908. The van der Waals surface area contributed by atoms with Crippen molar-refractivity contribution >= 4 is 0 Å². The molecule has 3 aliphatic rings. The van der Waals surface area contributed by atoms with E-state index in [1.165, 1.54) is 83.5 Å². The Morgan fingerprint density at radius 1 is 0.879 bits per heavy atom. The Labute approximate surface area is 202 Å². The lowest BCUT2D eigenvalue weighted by Gasteiger charge is -2.45. The van der Waals surface area contributed by atoms with Crippen LogP contribution in [0.4, 0.5) is 4.39 Å². The first-order valence-electron chi connectivity index (χ1n) is 14.2. The molecular formula is C31H47FO. The lowest BCUT2D eigenvalue weighted by Crippen LogP contribution is -2.34. The van der Waals surface area contributed by atoms with Crippen LogP contribution in [0.1, 0.15) is 115 Å². The van der Waals surface area contributed by atoms with E-state index < -0.39 is 0 Å². The smallest absolute Gasteiger partial charge is 0.130 e. The molecule has 1 nitrogen and oxygen atoms in total. The molecule has 2 heteroatoms. The fourth-order valence-electron chi connectivity index (χ4n) is 7.56. The van der Waals surface area contributed by atoms with Crippen LogP contribution in [0.5, 0.6) is 5.75 Å². The van der Waals surface area contributed by atoms with Gasteiger partial charge in [0.2, 0.25) is 0 Å². The van der Waals surface area contributed by atoms with Crippen LogP contribution >= 0.6 is 0 Å². The molecule has 0 spiro atoms. The van der Waals surface area contributed by atoms with Crippen LogP contribution in [-0.2, 0) is 0 Å². The molecule has 0 heterocycles. The van der Waals surface area contributed by atoms with E-state index in [4.69, 9.17) is 4.74 Å². The molecule has 33 heavy (non-hydrogen) atoms. The van der Waals surface area contributed by atoms with E-state index in [0.717, 1.165) is 48.0 Å². The van der Waals surface area contributed by atoms with E-state index in [1.807, 2.05) is 12.1 Å². The van der Waals surface area contributed by atoms with Gasteiger partial charge in [0, 0.05) is 6.07 Å². The number of rotatable bonds is 10. The molecule has 0 bridgehead atoms. The minimum Gasteiger partial charge on any atom is -0.489 e. The second kappa shape index (κ2) is 12.4. The highest BCUT2D eigenvalue weighted by Crippen LogP contribution is 2.50. The second-order valence-corrected chi connectivity index (χ2v) is 11.5. The summed E-state index contributed by atoms with van der Waals surface area (Å²) in [6.07, 6.45) is 22.7. The molecule has 1 aromatic carbocycles. The summed E-state index contributed by atoms with van der Waals surface area (Å²) in [4.78, 5) is 0. The van der Waals surface area contributed by atoms with Crippen molar-refractivity contribution in [2.45, 2.75) is 109 Å². The predicted molar refractivity (Wildman–Crippen MR) is 137 cm³/mol. The van der Waals surface area contributed by atoms with Crippen molar-refractivity contribution in [2.75, 3.05) is 6.61 Å². The van der Waals surface area contributed by atoms with E-state index >= 15 is 0 Å². The van der Waals surface area contributed by atoms with Gasteiger partial charge >= 0.3 is 0 Å². The molecule has 3 aliphatic carbocycles. The van der Waals surface area contributed by atoms with Crippen LogP contribution in [-0.4, -0.2) is 6.61 Å². The Bertz CT molecular complexity index is 734. The number of ether oxygens (including phenoxy) is 1. The molecule has 184 valence electrons. The summed E-state index contributed by atoms with van der Waals surface area (Å²) in [7, 11) is 0. The Balaban J connectivity index is 1.22. The number of hydrogen-bond acceptors (Lipinski definition) is 1. The van der Waals surface area contributed by atoms with Crippen molar-refractivity contribution in [3.63, 3.8) is 0 Å². The van der Waals surface area contributed by atoms with Crippen LogP contribution in [0.25, 0.3) is 0 Å². The Morgan fingerprint density at radius 2 is 1.58 bits per heavy atom. The summed E-state index contributed by atoms with van der Waals surface area (Å²) < 4.78 is 20.2. The van der Waals surface area contributed by atoms with Crippen LogP contribution in [0, 0.1) is 35.4 Å². The first-order chi connectivity index (χ1) is 16.2. The summed E-state index contributed by atoms with van der Waals surface area (Å²) >= 11 is 0. The number of benzene rings is 1. The monoisotopic (exact) mass is 454 g/mol. The van der Waals surface area contributed by atoms with Gasteiger partial charge in [0.05, 0.1) is 0 Å². The highest BCUT2D eigenvalue weighted by Gasteiger charge is 2.38. The number of hydrogen-bond donors (Lipinski definition) is 0. The second-order valence-electron chi connectivity index (χ2n) is 11.5. The summed E-state index contributed by atoms with van der Waals surface area (Å²) in [5.74, 6) is 5.78. The van der Waals surface area contributed by atoms with Crippen molar-refractivity contribution in [2.24, 2.45) is 29.6 Å². The molecule has 0 saturated heterocycles. The molecule has 3 fully saturated rings. The molecule has 0 aliphatic heterocycles. The average molecular weight is 455 g/mol. The first-order valence-corrected chi connectivity index (χ1v) is 14.2. The Kier molecular flexibility index (Phi) is 9.33. The van der Waals surface area contributed by atoms with Crippen molar-refractivity contribution < 1.29 is 9.13 Å². The Hall–Kier alpha value is -1.31. The van der Waals surface area contributed by atoms with Gasteiger partial charge in [-0.05, 0) is 105 Å². The van der Waals surface area contributed by atoms with Crippen molar-refractivity contribution in [1.82, 2.24) is 0 Å². The van der Waals surface area contributed by atoms with E-state index in [0.29, 0.717) is 18.3 Å². The molecule has 3 saturated carbocycles. The lowest BCUT2D eigenvalue weighted by atomic mass is 9.60. The summed E-state index contributed by atoms with van der Waals surface area (Å²) in [5, 5.41) is 0. The zero-order chi connectivity index (χ0) is 23.0. The van der Waals surface area contributed by atoms with Crippen molar-refractivity contribution in [1.29, 1.82) is 0 Å². The predicted octanol–water partition coefficient (Wildman–Crippen LogP) is 9.47. The molecule has 0 radical (unpaired) electrons. The zero-order valence-corrected chi connectivity index (χ0v) is 21.1. The lowest BCUT2D eigenvalue weighted by molar-refractivity contribution is 0.0612. The Morgan fingerprint density at radius 3 is 2.30 bits per heavy atom. The third-order valence-electron chi connectivity index (χ3n) is 9.45. The van der Waals surface area contributed by atoms with Crippen molar-refractivity contribution in [3.05, 3.63) is 42.2 Å². The van der Waals surface area contributed by atoms with Gasteiger partial charge < -0.3 is 4.74 Å². The fourth-order valence-corrected chi connectivity index (χ4v) is 7.56. The van der Waals surface area contributed by atoms with Gasteiger partial charge in [-0.2, -0.15) is 0 Å². The molecule has 0 aromatic heterocycles. The third-order valence-corrected chi connectivity index (χ3v) is 9.45. The zero-order valence-electron chi connectivity index (χ0n) is 21.1. The van der Waals surface area contributed by atoms with Crippen LogP contribution in [0.2, 0.25) is 0 Å². The summed E-state index contributed by atoms with van der Waals surface area (Å²) in [5.41, 5.74) is 0.903. The molecular weight excluding hydrogens is 407 g/mol. The maximum absolute atomic E-state index is 14.7. The van der Waals surface area contributed by atoms with Crippen molar-refractivity contribution in [3.8, 4) is 5.75 Å². The van der Waals surface area contributed by atoms with Gasteiger partial charge in [-0.15, -0.1) is 0 Å². The molecule has 0 amide bonds. The number of halogens is 1. The molecule has 4 unspecified atom stereocenters. The quantitative estimate of drug-likeness (QED) is 0.253. The van der Waals surface area contributed by atoms with E-state index in [-0.39, 0.29) is 5.82 Å². The van der Waals surface area contributed by atoms with Gasteiger partial charge in [-0.1, -0.05) is 64.2 Å². The molecule has 1 aromatic rings. The van der Waals surface area contributed by atoms with Crippen LogP contribution in [0.15, 0.2) is 30.9 Å². The molecule has 4 atom stereocenters. The summed E-state index contributed by atoms with van der Waals surface area (Å²) in [6, 6.07) is 5.45. The first kappa shape index (κ1) is 24.8. The molecule has 0 N–H and O–H groups in total. The van der Waals surface area contributed by atoms with Gasteiger partial charge in [-0.25, -0.2) is 4.39 Å². The largest absolute Gasteiger partial charge is 0.489 e. The molecule has 4 rings (SSSR count). The maximum atomic E-state index is 14.7. The minimum absolute atomic E-state index is 0.0908. The number of fused-ring (bicyclic) bond motifs is 1. The maximum Gasteiger partial charge on any atom is 0.130 e. The standard InChI is InChI=1S/C31H47FO/c1-3-5-6-7-8-23-9-10-28-21-27(16-15-26(28)20-23)24-11-13-25(14-12-24)30-18-17-29(22-31(30)32)33-19-4-2/h4,17-18,22-28H,2-3,5-16,19-21H2,1H3. The van der Waals surface area contributed by atoms with Crippen LogP contribution in [0.3, 0.4) is 0 Å². The van der Waals surface area contributed by atoms with Gasteiger partial charge in [0.25, 0.3) is 0 Å². The third kappa shape index (κ3) is 6.64. The van der Waals surface area contributed by atoms with Gasteiger partial charge in [-0.3, -0.25) is 0 Å². The van der Waals surface area contributed by atoms with E-state index in [1.54, 1.807) is 12.1 Å². The SMILES string of the molecule is C=CCOc1ccc(C2CCC(C3CCC4CC(CCCCCC)CCC4C3)CC2)c(F)c1. The normalized spacial score (nSPS) is 32.2. The fraction of sp³-hybridized carbons (Fsp3) is 0.742. The van der Waals surface area contributed by atoms with Gasteiger partial charge in [0.1, 0.15) is 18.2 Å². The van der Waals surface area contributed by atoms with Gasteiger partial charge in [0.15, 0.2) is 0 Å². The highest BCUT2D eigenvalue weighted by atomic mass is 19.1.